The third-order valence-corrected chi connectivity index (χ3v) is 3.31. The molecule has 1 aromatic carbocycles. The highest BCUT2D eigenvalue weighted by molar-refractivity contribution is 5.69. The van der Waals surface area contributed by atoms with Crippen molar-refractivity contribution in [3.8, 4) is 0 Å². The first-order valence-corrected chi connectivity index (χ1v) is 5.63. The third kappa shape index (κ3) is 2.18. The summed E-state index contributed by atoms with van der Waals surface area (Å²) >= 11 is 0. The fourth-order valence-corrected chi connectivity index (χ4v) is 2.38. The van der Waals surface area contributed by atoms with Crippen LogP contribution in [0.15, 0.2) is 18.2 Å². The van der Waals surface area contributed by atoms with E-state index in [1.807, 2.05) is 12.1 Å². The van der Waals surface area contributed by atoms with Gasteiger partial charge in [-0.3, -0.25) is 4.79 Å². The van der Waals surface area contributed by atoms with Crippen LogP contribution in [0.3, 0.4) is 0 Å². The minimum atomic E-state index is -0.122. The predicted octanol–water partition coefficient (Wildman–Crippen LogP) is 1.94. The number of aryl methyl sites for hydroxylation is 1. The molecule has 1 unspecified atom stereocenters. The number of nitrogens with two attached hydrogens (primary N) is 1. The van der Waals surface area contributed by atoms with Crippen molar-refractivity contribution in [3.63, 3.8) is 0 Å². The van der Waals surface area contributed by atoms with Crippen LogP contribution in [0.25, 0.3) is 0 Å². The van der Waals surface area contributed by atoms with Gasteiger partial charge in [0.05, 0.1) is 7.11 Å². The van der Waals surface area contributed by atoms with Crippen molar-refractivity contribution >= 4 is 11.7 Å². The van der Waals surface area contributed by atoms with E-state index in [0.29, 0.717) is 12.3 Å². The summed E-state index contributed by atoms with van der Waals surface area (Å²) in [6.07, 6.45) is 3.47. The normalized spacial score (nSPS) is 18.9. The molecule has 0 spiro atoms. The van der Waals surface area contributed by atoms with Crippen molar-refractivity contribution in [2.45, 2.75) is 25.7 Å². The molecule has 0 heterocycles. The van der Waals surface area contributed by atoms with Crippen molar-refractivity contribution in [3.05, 3.63) is 29.3 Å². The highest BCUT2D eigenvalue weighted by Crippen LogP contribution is 2.31. The molecule has 2 rings (SSSR count). The molecule has 0 fully saturated rings. The second-order valence-electron chi connectivity index (χ2n) is 4.37. The number of ether oxygens (including phenoxy) is 1. The summed E-state index contributed by atoms with van der Waals surface area (Å²) < 4.78 is 4.70. The number of anilines is 1. The molecule has 0 aromatic heterocycles. The van der Waals surface area contributed by atoms with Crippen LogP contribution >= 0.6 is 0 Å². The van der Waals surface area contributed by atoms with Crippen LogP contribution in [0.1, 0.15) is 24.0 Å². The average molecular weight is 219 g/mol. The Morgan fingerprint density at radius 3 is 3.12 bits per heavy atom. The first-order valence-electron chi connectivity index (χ1n) is 5.63. The number of hydrogen-bond acceptors (Lipinski definition) is 3. The average Bonchev–Trinajstić information content (AvgIpc) is 2.30. The molecule has 16 heavy (non-hydrogen) atoms. The number of fused-ring (bicyclic) bond motifs is 1. The van der Waals surface area contributed by atoms with Gasteiger partial charge in [-0.05, 0) is 42.4 Å². The Kier molecular flexibility index (Phi) is 3.13. The molecule has 0 amide bonds. The van der Waals surface area contributed by atoms with Gasteiger partial charge in [0.2, 0.25) is 0 Å². The van der Waals surface area contributed by atoms with Gasteiger partial charge in [0.15, 0.2) is 0 Å². The number of methoxy groups -OCH3 is 1. The van der Waals surface area contributed by atoms with E-state index in [9.17, 15) is 4.79 Å². The first-order chi connectivity index (χ1) is 7.70. The predicted molar refractivity (Wildman–Crippen MR) is 63.0 cm³/mol. The van der Waals surface area contributed by atoms with Gasteiger partial charge in [0, 0.05) is 12.1 Å². The van der Waals surface area contributed by atoms with E-state index in [0.717, 1.165) is 24.9 Å². The first kappa shape index (κ1) is 11.0. The topological polar surface area (TPSA) is 52.3 Å². The van der Waals surface area contributed by atoms with E-state index in [1.54, 1.807) is 0 Å². The minimum Gasteiger partial charge on any atom is -0.469 e. The summed E-state index contributed by atoms with van der Waals surface area (Å²) in [5.41, 5.74) is 9.36. The van der Waals surface area contributed by atoms with Crippen molar-refractivity contribution < 1.29 is 9.53 Å². The number of hydrogen-bond donors (Lipinski definition) is 1. The summed E-state index contributed by atoms with van der Waals surface area (Å²) in [5, 5.41) is 0. The molecular formula is C13H17NO2. The van der Waals surface area contributed by atoms with Gasteiger partial charge in [0.1, 0.15) is 0 Å². The molecule has 1 aliphatic carbocycles. The number of benzene rings is 1. The van der Waals surface area contributed by atoms with Gasteiger partial charge in [-0.2, -0.15) is 0 Å². The largest absolute Gasteiger partial charge is 0.469 e. The Morgan fingerprint density at radius 1 is 1.56 bits per heavy atom. The Hall–Kier alpha value is -1.51. The van der Waals surface area contributed by atoms with Gasteiger partial charge < -0.3 is 10.5 Å². The molecule has 1 atom stereocenters. The quantitative estimate of drug-likeness (QED) is 0.611. The lowest BCUT2D eigenvalue weighted by atomic mass is 9.81. The lowest BCUT2D eigenvalue weighted by Gasteiger charge is -2.24. The smallest absolute Gasteiger partial charge is 0.305 e. The maximum atomic E-state index is 11.2. The van der Waals surface area contributed by atoms with Crippen LogP contribution in [0, 0.1) is 5.92 Å². The molecule has 1 aliphatic rings. The molecule has 0 radical (unpaired) electrons. The number of carbonyl (C=O) groups excluding carboxylic acids is 1. The maximum Gasteiger partial charge on any atom is 0.305 e. The van der Waals surface area contributed by atoms with Crippen molar-refractivity contribution in [2.24, 2.45) is 5.92 Å². The molecule has 0 aliphatic heterocycles. The number of nitrogen functional groups attached to an aromatic ring is 1. The lowest BCUT2D eigenvalue weighted by Crippen LogP contribution is -2.19. The third-order valence-electron chi connectivity index (χ3n) is 3.31. The van der Waals surface area contributed by atoms with Crippen LogP contribution < -0.4 is 5.73 Å². The maximum absolute atomic E-state index is 11.2. The van der Waals surface area contributed by atoms with E-state index >= 15 is 0 Å². The molecule has 3 nitrogen and oxygen atoms in total. The SMILES string of the molecule is COC(=O)CC1CCc2cccc(N)c2C1. The van der Waals surface area contributed by atoms with Gasteiger partial charge in [0.25, 0.3) is 0 Å². The standard InChI is InChI=1S/C13H17NO2/c1-16-13(15)8-9-5-6-10-3-2-4-12(14)11(10)7-9/h2-4,9H,5-8,14H2,1H3. The molecule has 3 heteroatoms. The van der Waals surface area contributed by atoms with E-state index in [-0.39, 0.29) is 5.97 Å². The lowest BCUT2D eigenvalue weighted by molar-refractivity contribution is -0.141. The second kappa shape index (κ2) is 4.56. The van der Waals surface area contributed by atoms with Gasteiger partial charge in [-0.1, -0.05) is 12.1 Å². The zero-order valence-electron chi connectivity index (χ0n) is 9.53. The van der Waals surface area contributed by atoms with E-state index in [4.69, 9.17) is 10.5 Å². The summed E-state index contributed by atoms with van der Waals surface area (Å²) in [4.78, 5) is 11.2. The van der Waals surface area contributed by atoms with Crippen molar-refractivity contribution in [1.82, 2.24) is 0 Å². The summed E-state index contributed by atoms with van der Waals surface area (Å²) in [6, 6.07) is 6.05. The number of esters is 1. The summed E-state index contributed by atoms with van der Waals surface area (Å²) in [7, 11) is 1.44. The second-order valence-corrected chi connectivity index (χ2v) is 4.37. The monoisotopic (exact) mass is 219 g/mol. The molecule has 1 aromatic rings. The Bertz CT molecular complexity index is 401. The van der Waals surface area contributed by atoms with Gasteiger partial charge >= 0.3 is 5.97 Å². The van der Waals surface area contributed by atoms with E-state index < -0.39 is 0 Å². The highest BCUT2D eigenvalue weighted by atomic mass is 16.5. The molecule has 0 saturated heterocycles. The Labute approximate surface area is 95.6 Å². The van der Waals surface area contributed by atoms with Crippen molar-refractivity contribution in [2.75, 3.05) is 12.8 Å². The zero-order chi connectivity index (χ0) is 11.5. The fourth-order valence-electron chi connectivity index (χ4n) is 2.38. The van der Waals surface area contributed by atoms with Crippen LogP contribution in [0.2, 0.25) is 0 Å². The Balaban J connectivity index is 2.11. The molecule has 0 bridgehead atoms. The molecular weight excluding hydrogens is 202 g/mol. The van der Waals surface area contributed by atoms with Crippen LogP contribution in [0.4, 0.5) is 5.69 Å². The van der Waals surface area contributed by atoms with Crippen LogP contribution in [-0.4, -0.2) is 13.1 Å². The van der Waals surface area contributed by atoms with E-state index in [1.165, 1.54) is 18.2 Å². The van der Waals surface area contributed by atoms with Gasteiger partial charge in [-0.15, -0.1) is 0 Å². The summed E-state index contributed by atoms with van der Waals surface area (Å²) in [6.45, 7) is 0. The summed E-state index contributed by atoms with van der Waals surface area (Å²) in [5.74, 6) is 0.257. The number of carbonyl (C=O) groups is 1. The van der Waals surface area contributed by atoms with Gasteiger partial charge in [-0.25, -0.2) is 0 Å². The molecule has 2 N–H and O–H groups in total. The van der Waals surface area contributed by atoms with Crippen LogP contribution in [-0.2, 0) is 22.4 Å². The molecule has 0 saturated carbocycles. The Morgan fingerprint density at radius 2 is 2.38 bits per heavy atom. The highest BCUT2D eigenvalue weighted by Gasteiger charge is 2.22. The number of rotatable bonds is 2. The molecule has 86 valence electrons. The van der Waals surface area contributed by atoms with Crippen LogP contribution in [0.5, 0.6) is 0 Å². The minimum absolute atomic E-state index is 0.122. The fraction of sp³-hybridized carbons (Fsp3) is 0.462. The van der Waals surface area contributed by atoms with Crippen molar-refractivity contribution in [1.29, 1.82) is 0 Å². The zero-order valence-corrected chi connectivity index (χ0v) is 9.53. The van der Waals surface area contributed by atoms with E-state index in [2.05, 4.69) is 6.07 Å².